The van der Waals surface area contributed by atoms with Crippen LogP contribution < -0.4 is 5.73 Å². The summed E-state index contributed by atoms with van der Waals surface area (Å²) >= 11 is 0. The Morgan fingerprint density at radius 3 is 2.67 bits per heavy atom. The van der Waals surface area contributed by atoms with Crippen molar-refractivity contribution in [2.75, 3.05) is 13.1 Å². The molecule has 2 N–H and O–H groups in total. The summed E-state index contributed by atoms with van der Waals surface area (Å²) in [4.78, 5) is 2.34. The summed E-state index contributed by atoms with van der Waals surface area (Å²) in [7, 11) is 0. The van der Waals surface area contributed by atoms with Crippen LogP contribution in [0.1, 0.15) is 37.3 Å². The average Bonchev–Trinajstić information content (AvgIpc) is 2.33. The number of nitrogens with zero attached hydrogens (tertiary/aromatic N) is 1. The maximum absolute atomic E-state index is 13.9. The van der Waals surface area contributed by atoms with Crippen LogP contribution >= 0.6 is 0 Å². The fourth-order valence-electron chi connectivity index (χ4n) is 2.43. The fraction of sp³-hybridized carbons (Fsp3) is 0.600. The number of hydrogen-bond acceptors (Lipinski definition) is 2. The molecule has 100 valence electrons. The smallest absolute Gasteiger partial charge is 0.128 e. The first-order chi connectivity index (χ1) is 8.72. The average molecular weight is 250 g/mol. The Balaban J connectivity index is 1.97. The Hall–Kier alpha value is -0.930. The van der Waals surface area contributed by atoms with Crippen LogP contribution in [-0.2, 0) is 13.1 Å². The van der Waals surface area contributed by atoms with Crippen LogP contribution in [0.25, 0.3) is 0 Å². The zero-order valence-corrected chi connectivity index (χ0v) is 11.2. The minimum atomic E-state index is -0.120. The monoisotopic (exact) mass is 250 g/mol. The molecule has 3 heteroatoms. The first-order valence-electron chi connectivity index (χ1n) is 6.92. The minimum absolute atomic E-state index is 0.120. The molecule has 1 aromatic rings. The van der Waals surface area contributed by atoms with Gasteiger partial charge in [0.15, 0.2) is 0 Å². The van der Waals surface area contributed by atoms with Crippen molar-refractivity contribution in [2.24, 2.45) is 11.7 Å². The van der Waals surface area contributed by atoms with E-state index < -0.39 is 0 Å². The van der Waals surface area contributed by atoms with E-state index in [0.29, 0.717) is 13.1 Å². The second-order valence-electron chi connectivity index (χ2n) is 5.25. The van der Waals surface area contributed by atoms with Crippen molar-refractivity contribution >= 4 is 0 Å². The van der Waals surface area contributed by atoms with Gasteiger partial charge in [0.25, 0.3) is 0 Å². The summed E-state index contributed by atoms with van der Waals surface area (Å²) in [6, 6.07) is 5.36. The van der Waals surface area contributed by atoms with E-state index in [9.17, 15) is 4.39 Å². The minimum Gasteiger partial charge on any atom is -0.326 e. The first kappa shape index (κ1) is 13.5. The molecule has 0 atom stereocenters. The van der Waals surface area contributed by atoms with Crippen molar-refractivity contribution in [1.29, 1.82) is 0 Å². The van der Waals surface area contributed by atoms with Gasteiger partial charge in [-0.1, -0.05) is 25.5 Å². The molecule has 0 aromatic heterocycles. The van der Waals surface area contributed by atoms with Gasteiger partial charge in [0.1, 0.15) is 5.82 Å². The number of halogens is 1. The maximum Gasteiger partial charge on any atom is 0.128 e. The molecule has 0 heterocycles. The number of rotatable bonds is 6. The van der Waals surface area contributed by atoms with Gasteiger partial charge in [-0.2, -0.15) is 0 Å². The largest absolute Gasteiger partial charge is 0.326 e. The van der Waals surface area contributed by atoms with Crippen molar-refractivity contribution in [3.63, 3.8) is 0 Å². The SMILES string of the molecule is CCN(Cc1ccc(CN)cc1F)CC1CCC1. The van der Waals surface area contributed by atoms with Crippen LogP contribution in [0.15, 0.2) is 18.2 Å². The topological polar surface area (TPSA) is 29.3 Å². The number of benzene rings is 1. The Labute approximate surface area is 109 Å². The Kier molecular flexibility index (Phi) is 4.72. The van der Waals surface area contributed by atoms with Crippen LogP contribution in [0, 0.1) is 11.7 Å². The van der Waals surface area contributed by atoms with Crippen LogP contribution in [0.5, 0.6) is 0 Å². The molecule has 0 unspecified atom stereocenters. The second-order valence-corrected chi connectivity index (χ2v) is 5.25. The standard InChI is InChI=1S/C15H23FN2/c1-2-18(10-12-4-3-5-12)11-14-7-6-13(9-17)8-15(14)16/h6-8,12H,2-5,9-11,17H2,1H3. The molecule has 0 saturated heterocycles. The van der Waals surface area contributed by atoms with Gasteiger partial charge in [-0.25, -0.2) is 4.39 Å². The highest BCUT2D eigenvalue weighted by molar-refractivity contribution is 5.24. The van der Waals surface area contributed by atoms with Gasteiger partial charge in [0, 0.05) is 25.2 Å². The highest BCUT2D eigenvalue weighted by Gasteiger charge is 2.20. The summed E-state index contributed by atoms with van der Waals surface area (Å²) in [5, 5.41) is 0. The molecule has 1 aliphatic carbocycles. The molecule has 1 aromatic carbocycles. The molecule has 1 aliphatic rings. The quantitative estimate of drug-likeness (QED) is 0.841. The van der Waals surface area contributed by atoms with Crippen LogP contribution in [0.3, 0.4) is 0 Å². The maximum atomic E-state index is 13.9. The zero-order valence-electron chi connectivity index (χ0n) is 11.2. The molecule has 1 saturated carbocycles. The molecule has 18 heavy (non-hydrogen) atoms. The van der Waals surface area contributed by atoms with Gasteiger partial charge < -0.3 is 5.73 Å². The highest BCUT2D eigenvalue weighted by Crippen LogP contribution is 2.27. The lowest BCUT2D eigenvalue weighted by molar-refractivity contribution is 0.176. The molecule has 1 fully saturated rings. The molecule has 0 aliphatic heterocycles. The summed E-state index contributed by atoms with van der Waals surface area (Å²) < 4.78 is 13.9. The van der Waals surface area contributed by atoms with Crippen LogP contribution in [0.2, 0.25) is 0 Å². The van der Waals surface area contributed by atoms with Crippen LogP contribution in [0.4, 0.5) is 4.39 Å². The van der Waals surface area contributed by atoms with Crippen molar-refractivity contribution < 1.29 is 4.39 Å². The zero-order chi connectivity index (χ0) is 13.0. The van der Waals surface area contributed by atoms with E-state index in [-0.39, 0.29) is 5.82 Å². The second kappa shape index (κ2) is 6.30. The number of nitrogens with two attached hydrogens (primary N) is 1. The van der Waals surface area contributed by atoms with Gasteiger partial charge >= 0.3 is 0 Å². The third-order valence-electron chi connectivity index (χ3n) is 3.94. The van der Waals surface area contributed by atoms with Gasteiger partial charge in [-0.3, -0.25) is 4.90 Å². The predicted octanol–water partition coefficient (Wildman–Crippen LogP) is 2.91. The molecule has 0 bridgehead atoms. The molecule has 2 rings (SSSR count). The molecule has 0 amide bonds. The molecule has 0 radical (unpaired) electrons. The van der Waals surface area contributed by atoms with E-state index in [4.69, 9.17) is 5.73 Å². The van der Waals surface area contributed by atoms with Gasteiger partial charge in [-0.15, -0.1) is 0 Å². The fourth-order valence-corrected chi connectivity index (χ4v) is 2.43. The lowest BCUT2D eigenvalue weighted by Gasteiger charge is -2.31. The molecular formula is C15H23FN2. The van der Waals surface area contributed by atoms with E-state index in [2.05, 4.69) is 11.8 Å². The molecule has 2 nitrogen and oxygen atoms in total. The Morgan fingerprint density at radius 1 is 1.39 bits per heavy atom. The van der Waals surface area contributed by atoms with E-state index in [0.717, 1.165) is 30.1 Å². The molecule has 0 spiro atoms. The summed E-state index contributed by atoms with van der Waals surface area (Å²) in [5.41, 5.74) is 7.16. The van der Waals surface area contributed by atoms with Crippen molar-refractivity contribution in [3.05, 3.63) is 35.1 Å². The lowest BCUT2D eigenvalue weighted by atomic mass is 9.85. The summed E-state index contributed by atoms with van der Waals surface area (Å²) in [5.74, 6) is 0.710. The number of hydrogen-bond donors (Lipinski definition) is 1. The van der Waals surface area contributed by atoms with E-state index in [1.165, 1.54) is 19.3 Å². The van der Waals surface area contributed by atoms with Gasteiger partial charge in [0.2, 0.25) is 0 Å². The van der Waals surface area contributed by atoms with E-state index in [1.807, 2.05) is 12.1 Å². The van der Waals surface area contributed by atoms with Crippen molar-refractivity contribution in [3.8, 4) is 0 Å². The van der Waals surface area contributed by atoms with Gasteiger partial charge in [0.05, 0.1) is 0 Å². The summed E-state index contributed by atoms with van der Waals surface area (Å²) in [6.07, 6.45) is 4.04. The van der Waals surface area contributed by atoms with E-state index >= 15 is 0 Å². The Bertz CT molecular complexity index is 388. The first-order valence-corrected chi connectivity index (χ1v) is 6.92. The van der Waals surface area contributed by atoms with Gasteiger partial charge in [-0.05, 0) is 36.9 Å². The summed E-state index contributed by atoms with van der Waals surface area (Å²) in [6.45, 7) is 5.34. The third-order valence-corrected chi connectivity index (χ3v) is 3.94. The van der Waals surface area contributed by atoms with Crippen LogP contribution in [-0.4, -0.2) is 18.0 Å². The van der Waals surface area contributed by atoms with Crippen molar-refractivity contribution in [1.82, 2.24) is 4.90 Å². The Morgan fingerprint density at radius 2 is 2.17 bits per heavy atom. The predicted molar refractivity (Wildman–Crippen MR) is 72.6 cm³/mol. The highest BCUT2D eigenvalue weighted by atomic mass is 19.1. The normalized spacial score (nSPS) is 16.0. The van der Waals surface area contributed by atoms with Crippen molar-refractivity contribution in [2.45, 2.75) is 39.3 Å². The van der Waals surface area contributed by atoms with E-state index in [1.54, 1.807) is 6.07 Å². The molecular weight excluding hydrogens is 227 g/mol. The third kappa shape index (κ3) is 3.30. The lowest BCUT2D eigenvalue weighted by Crippen LogP contribution is -2.32.